The summed E-state index contributed by atoms with van der Waals surface area (Å²) >= 11 is 0. The van der Waals surface area contributed by atoms with Gasteiger partial charge in [-0.3, -0.25) is 4.79 Å². The fourth-order valence-electron chi connectivity index (χ4n) is 3.45. The maximum atomic E-state index is 13.4. The molecule has 178 valence electrons. The second-order valence-electron chi connectivity index (χ2n) is 7.52. The van der Waals surface area contributed by atoms with E-state index in [2.05, 4.69) is 10.3 Å². The van der Waals surface area contributed by atoms with E-state index in [1.807, 2.05) is 0 Å². The van der Waals surface area contributed by atoms with Crippen molar-refractivity contribution in [3.8, 4) is 22.8 Å². The predicted octanol–water partition coefficient (Wildman–Crippen LogP) is 5.24. The van der Waals surface area contributed by atoms with Crippen molar-refractivity contribution in [2.45, 2.75) is 6.92 Å². The van der Waals surface area contributed by atoms with Crippen LogP contribution in [-0.2, 0) is 9.53 Å². The monoisotopic (exact) mass is 474 g/mol. The molecule has 0 bridgehead atoms. The number of anilines is 1. The van der Waals surface area contributed by atoms with Crippen LogP contribution in [0.15, 0.2) is 72.8 Å². The predicted molar refractivity (Wildman–Crippen MR) is 130 cm³/mol. The van der Waals surface area contributed by atoms with E-state index in [0.29, 0.717) is 44.9 Å². The first-order valence-corrected chi connectivity index (χ1v) is 10.9. The zero-order chi connectivity index (χ0) is 24.8. The van der Waals surface area contributed by atoms with Crippen molar-refractivity contribution in [3.05, 3.63) is 84.2 Å². The van der Waals surface area contributed by atoms with Gasteiger partial charge >= 0.3 is 5.97 Å². The van der Waals surface area contributed by atoms with Gasteiger partial charge in [-0.25, -0.2) is 14.2 Å². The number of halogens is 1. The zero-order valence-corrected chi connectivity index (χ0v) is 19.2. The summed E-state index contributed by atoms with van der Waals surface area (Å²) < 4.78 is 29.2. The van der Waals surface area contributed by atoms with Crippen molar-refractivity contribution in [2.75, 3.05) is 25.6 Å². The number of aromatic nitrogens is 1. The number of hydrogen-bond acceptors (Lipinski definition) is 6. The number of methoxy groups -OCH3 is 1. The Morgan fingerprint density at radius 2 is 1.71 bits per heavy atom. The standard InChI is InChI=1S/C27H23FN2O5/c1-3-34-26(31)16-35-25-15-24(17-4-8-19(28)9-5-17)30-23-13-10-20(14-22(23)25)29-27(32)18-6-11-21(33-2)12-7-18/h4-15H,3,16H2,1-2H3,(H,29,32). The van der Waals surface area contributed by atoms with Gasteiger partial charge in [0.2, 0.25) is 0 Å². The minimum absolute atomic E-state index is 0.238. The SMILES string of the molecule is CCOC(=O)COc1cc(-c2ccc(F)cc2)nc2ccc(NC(=O)c3ccc(OC)cc3)cc12. The molecular formula is C27H23FN2O5. The summed E-state index contributed by atoms with van der Waals surface area (Å²) in [5, 5.41) is 3.45. The molecule has 1 N–H and O–H groups in total. The summed E-state index contributed by atoms with van der Waals surface area (Å²) in [4.78, 5) is 29.2. The molecule has 1 aromatic heterocycles. The molecule has 0 unspecified atom stereocenters. The maximum Gasteiger partial charge on any atom is 0.344 e. The Balaban J connectivity index is 1.67. The molecule has 1 amide bonds. The Bertz CT molecular complexity index is 1350. The van der Waals surface area contributed by atoms with E-state index in [1.165, 1.54) is 12.1 Å². The lowest BCUT2D eigenvalue weighted by atomic mass is 10.1. The number of carbonyl (C=O) groups is 2. The Kier molecular flexibility index (Phi) is 7.21. The van der Waals surface area contributed by atoms with Crippen molar-refractivity contribution >= 4 is 28.5 Å². The van der Waals surface area contributed by atoms with Crippen LogP contribution < -0.4 is 14.8 Å². The normalized spacial score (nSPS) is 10.6. The number of amides is 1. The third-order valence-electron chi connectivity index (χ3n) is 5.17. The number of fused-ring (bicyclic) bond motifs is 1. The number of benzene rings is 3. The van der Waals surface area contributed by atoms with E-state index < -0.39 is 5.97 Å². The molecule has 0 aliphatic heterocycles. The van der Waals surface area contributed by atoms with E-state index in [-0.39, 0.29) is 24.9 Å². The van der Waals surface area contributed by atoms with Crippen molar-refractivity contribution in [3.63, 3.8) is 0 Å². The lowest BCUT2D eigenvalue weighted by Crippen LogP contribution is -2.15. The Hall–Kier alpha value is -4.46. The lowest BCUT2D eigenvalue weighted by Gasteiger charge is -2.13. The number of rotatable bonds is 8. The van der Waals surface area contributed by atoms with Gasteiger partial charge in [-0.2, -0.15) is 0 Å². The molecule has 7 nitrogen and oxygen atoms in total. The van der Waals surface area contributed by atoms with Gasteiger partial charge in [0.1, 0.15) is 17.3 Å². The Morgan fingerprint density at radius 1 is 0.971 bits per heavy atom. The van der Waals surface area contributed by atoms with Gasteiger partial charge in [0, 0.05) is 28.3 Å². The molecule has 0 atom stereocenters. The number of nitrogens with one attached hydrogen (secondary N) is 1. The topological polar surface area (TPSA) is 86.8 Å². The van der Waals surface area contributed by atoms with Crippen LogP contribution in [0, 0.1) is 5.82 Å². The van der Waals surface area contributed by atoms with Crippen molar-refractivity contribution in [2.24, 2.45) is 0 Å². The summed E-state index contributed by atoms with van der Waals surface area (Å²) in [6.07, 6.45) is 0. The number of nitrogens with zero attached hydrogens (tertiary/aromatic N) is 1. The number of esters is 1. The molecule has 4 aromatic rings. The highest BCUT2D eigenvalue weighted by molar-refractivity contribution is 6.05. The molecule has 0 saturated heterocycles. The molecule has 4 rings (SSSR count). The van der Waals surface area contributed by atoms with Gasteiger partial charge in [0.15, 0.2) is 6.61 Å². The van der Waals surface area contributed by atoms with Gasteiger partial charge in [-0.1, -0.05) is 0 Å². The molecule has 0 radical (unpaired) electrons. The molecule has 1 heterocycles. The third kappa shape index (κ3) is 5.73. The summed E-state index contributed by atoms with van der Waals surface area (Å²) in [7, 11) is 1.56. The number of carbonyl (C=O) groups excluding carboxylic acids is 2. The molecule has 0 aliphatic carbocycles. The van der Waals surface area contributed by atoms with Crippen molar-refractivity contribution in [1.82, 2.24) is 4.98 Å². The Morgan fingerprint density at radius 3 is 2.40 bits per heavy atom. The van der Waals surface area contributed by atoms with Gasteiger partial charge < -0.3 is 19.5 Å². The van der Waals surface area contributed by atoms with Gasteiger partial charge in [0.25, 0.3) is 5.91 Å². The molecule has 3 aromatic carbocycles. The van der Waals surface area contributed by atoms with Gasteiger partial charge in [0.05, 0.1) is 24.9 Å². The fraction of sp³-hybridized carbons (Fsp3) is 0.148. The minimum Gasteiger partial charge on any atom is -0.497 e. The van der Waals surface area contributed by atoms with Crippen LogP contribution in [0.5, 0.6) is 11.5 Å². The second-order valence-corrected chi connectivity index (χ2v) is 7.52. The number of hydrogen-bond donors (Lipinski definition) is 1. The summed E-state index contributed by atoms with van der Waals surface area (Å²) in [5.74, 6) is -0.131. The first-order valence-electron chi connectivity index (χ1n) is 10.9. The van der Waals surface area contributed by atoms with Crippen LogP contribution in [-0.4, -0.2) is 37.2 Å². The number of pyridine rings is 1. The molecule has 0 fully saturated rings. The average molecular weight is 474 g/mol. The Labute approximate surface area is 201 Å². The van der Waals surface area contributed by atoms with Crippen LogP contribution in [0.4, 0.5) is 10.1 Å². The molecule has 0 saturated carbocycles. The molecular weight excluding hydrogens is 451 g/mol. The van der Waals surface area contributed by atoms with E-state index in [9.17, 15) is 14.0 Å². The summed E-state index contributed by atoms with van der Waals surface area (Å²) in [6.45, 7) is 1.66. The first kappa shape index (κ1) is 23.7. The van der Waals surface area contributed by atoms with Gasteiger partial charge in [-0.15, -0.1) is 0 Å². The van der Waals surface area contributed by atoms with Crippen LogP contribution in [0.1, 0.15) is 17.3 Å². The molecule has 0 aliphatic rings. The van der Waals surface area contributed by atoms with Crippen LogP contribution >= 0.6 is 0 Å². The van der Waals surface area contributed by atoms with E-state index in [1.54, 1.807) is 74.7 Å². The van der Waals surface area contributed by atoms with E-state index in [0.717, 1.165) is 0 Å². The third-order valence-corrected chi connectivity index (χ3v) is 5.17. The zero-order valence-electron chi connectivity index (χ0n) is 19.2. The molecule has 35 heavy (non-hydrogen) atoms. The second kappa shape index (κ2) is 10.6. The van der Waals surface area contributed by atoms with Crippen molar-refractivity contribution in [1.29, 1.82) is 0 Å². The molecule has 8 heteroatoms. The van der Waals surface area contributed by atoms with Crippen LogP contribution in [0.25, 0.3) is 22.2 Å². The van der Waals surface area contributed by atoms with Crippen molar-refractivity contribution < 1.29 is 28.2 Å². The summed E-state index contributed by atoms with van der Waals surface area (Å²) in [6, 6.07) is 19.5. The van der Waals surface area contributed by atoms with Gasteiger partial charge in [-0.05, 0) is 73.7 Å². The minimum atomic E-state index is -0.509. The smallest absolute Gasteiger partial charge is 0.344 e. The highest BCUT2D eigenvalue weighted by atomic mass is 19.1. The molecule has 0 spiro atoms. The average Bonchev–Trinajstić information content (AvgIpc) is 2.88. The highest BCUT2D eigenvalue weighted by Crippen LogP contribution is 2.32. The lowest BCUT2D eigenvalue weighted by molar-refractivity contribution is -0.145. The highest BCUT2D eigenvalue weighted by Gasteiger charge is 2.14. The first-order chi connectivity index (χ1) is 17.0. The summed E-state index contributed by atoms with van der Waals surface area (Å²) in [5.41, 5.74) is 2.80. The van der Waals surface area contributed by atoms with Crippen LogP contribution in [0.2, 0.25) is 0 Å². The quantitative estimate of drug-likeness (QED) is 0.351. The number of ether oxygens (including phenoxy) is 3. The van der Waals surface area contributed by atoms with Crippen LogP contribution in [0.3, 0.4) is 0 Å². The fourth-order valence-corrected chi connectivity index (χ4v) is 3.45. The maximum absolute atomic E-state index is 13.4. The largest absolute Gasteiger partial charge is 0.497 e. The van der Waals surface area contributed by atoms with E-state index in [4.69, 9.17) is 14.2 Å². The van der Waals surface area contributed by atoms with E-state index >= 15 is 0 Å².